The SMILES string of the molecule is CC(=O)N1CCN(c2ccc(F)c(N)c2C(=O)O)CC1. The molecule has 0 saturated carbocycles. The zero-order chi connectivity index (χ0) is 14.9. The van der Waals surface area contributed by atoms with Crippen molar-refractivity contribution in [1.29, 1.82) is 0 Å². The Hall–Kier alpha value is -2.31. The maximum Gasteiger partial charge on any atom is 0.340 e. The zero-order valence-corrected chi connectivity index (χ0v) is 11.1. The summed E-state index contributed by atoms with van der Waals surface area (Å²) in [6.45, 7) is 3.49. The van der Waals surface area contributed by atoms with Crippen molar-refractivity contribution in [3.05, 3.63) is 23.5 Å². The smallest absolute Gasteiger partial charge is 0.340 e. The van der Waals surface area contributed by atoms with Gasteiger partial charge in [-0.05, 0) is 12.1 Å². The van der Waals surface area contributed by atoms with Crippen molar-refractivity contribution in [2.75, 3.05) is 36.8 Å². The molecule has 0 spiro atoms. The molecule has 1 aliphatic rings. The van der Waals surface area contributed by atoms with E-state index in [2.05, 4.69) is 0 Å². The molecule has 108 valence electrons. The van der Waals surface area contributed by atoms with Gasteiger partial charge >= 0.3 is 5.97 Å². The van der Waals surface area contributed by atoms with Crippen LogP contribution in [0.1, 0.15) is 17.3 Å². The summed E-state index contributed by atoms with van der Waals surface area (Å²) in [5.74, 6) is -2.01. The summed E-state index contributed by atoms with van der Waals surface area (Å²) >= 11 is 0. The molecule has 1 aromatic rings. The summed E-state index contributed by atoms with van der Waals surface area (Å²) in [7, 11) is 0. The van der Waals surface area contributed by atoms with Crippen LogP contribution in [0.3, 0.4) is 0 Å². The second-order valence-corrected chi connectivity index (χ2v) is 4.65. The van der Waals surface area contributed by atoms with E-state index >= 15 is 0 Å². The monoisotopic (exact) mass is 281 g/mol. The highest BCUT2D eigenvalue weighted by Gasteiger charge is 2.25. The van der Waals surface area contributed by atoms with Gasteiger partial charge in [0.1, 0.15) is 11.4 Å². The number of hydrogen-bond acceptors (Lipinski definition) is 4. The van der Waals surface area contributed by atoms with Gasteiger partial charge in [-0.2, -0.15) is 0 Å². The van der Waals surface area contributed by atoms with Gasteiger partial charge in [0.15, 0.2) is 0 Å². The van der Waals surface area contributed by atoms with E-state index in [0.29, 0.717) is 31.9 Å². The number of nitrogens with zero attached hydrogens (tertiary/aromatic N) is 2. The van der Waals surface area contributed by atoms with Crippen molar-refractivity contribution < 1.29 is 19.1 Å². The molecule has 3 N–H and O–H groups in total. The molecular formula is C13H16FN3O3. The molecule has 1 amide bonds. The van der Waals surface area contributed by atoms with Gasteiger partial charge in [0.05, 0.1) is 11.4 Å². The second kappa shape index (κ2) is 5.36. The maximum absolute atomic E-state index is 13.4. The Kier molecular flexibility index (Phi) is 3.78. The van der Waals surface area contributed by atoms with Gasteiger partial charge in [-0.3, -0.25) is 4.79 Å². The number of carbonyl (C=O) groups is 2. The number of aromatic carboxylic acids is 1. The molecule has 2 rings (SSSR count). The third-order valence-corrected chi connectivity index (χ3v) is 3.45. The molecule has 1 aliphatic heterocycles. The first kappa shape index (κ1) is 14.1. The highest BCUT2D eigenvalue weighted by atomic mass is 19.1. The van der Waals surface area contributed by atoms with Crippen molar-refractivity contribution in [2.45, 2.75) is 6.92 Å². The lowest BCUT2D eigenvalue weighted by molar-refractivity contribution is -0.129. The number of benzene rings is 1. The van der Waals surface area contributed by atoms with Crippen molar-refractivity contribution in [3.63, 3.8) is 0 Å². The largest absolute Gasteiger partial charge is 0.478 e. The Morgan fingerprint density at radius 2 is 1.85 bits per heavy atom. The van der Waals surface area contributed by atoms with Gasteiger partial charge in [-0.1, -0.05) is 0 Å². The lowest BCUT2D eigenvalue weighted by Gasteiger charge is -2.36. The lowest BCUT2D eigenvalue weighted by Crippen LogP contribution is -2.48. The van der Waals surface area contributed by atoms with Crippen molar-refractivity contribution in [3.8, 4) is 0 Å². The van der Waals surface area contributed by atoms with E-state index in [0.717, 1.165) is 6.07 Å². The van der Waals surface area contributed by atoms with Crippen molar-refractivity contribution in [2.24, 2.45) is 0 Å². The van der Waals surface area contributed by atoms with Gasteiger partial charge in [0.25, 0.3) is 0 Å². The highest BCUT2D eigenvalue weighted by Crippen LogP contribution is 2.29. The standard InChI is InChI=1S/C13H16FN3O3/c1-8(18)16-4-6-17(7-5-16)10-3-2-9(14)12(15)11(10)13(19)20/h2-3H,4-7,15H2,1H3,(H,19,20). The average Bonchev–Trinajstić information content (AvgIpc) is 2.41. The summed E-state index contributed by atoms with van der Waals surface area (Å²) in [6.07, 6.45) is 0. The second-order valence-electron chi connectivity index (χ2n) is 4.65. The molecule has 0 aliphatic carbocycles. The Morgan fingerprint density at radius 1 is 1.25 bits per heavy atom. The first-order valence-corrected chi connectivity index (χ1v) is 6.23. The van der Waals surface area contributed by atoms with Crippen LogP contribution in [-0.4, -0.2) is 48.1 Å². The minimum Gasteiger partial charge on any atom is -0.478 e. The fraction of sp³-hybridized carbons (Fsp3) is 0.385. The van der Waals surface area contributed by atoms with E-state index in [1.165, 1.54) is 13.0 Å². The Bertz CT molecular complexity index is 554. The van der Waals surface area contributed by atoms with Crippen LogP contribution in [0.15, 0.2) is 12.1 Å². The Balaban J connectivity index is 2.28. The van der Waals surface area contributed by atoms with Crippen LogP contribution in [0.5, 0.6) is 0 Å². The summed E-state index contributed by atoms with van der Waals surface area (Å²) in [4.78, 5) is 26.0. The van der Waals surface area contributed by atoms with E-state index in [1.807, 2.05) is 0 Å². The maximum atomic E-state index is 13.4. The highest BCUT2D eigenvalue weighted by molar-refractivity contribution is 6.00. The number of carboxylic acids is 1. The number of carboxylic acid groups (broad SMARTS) is 1. The van der Waals surface area contributed by atoms with E-state index in [1.54, 1.807) is 9.80 Å². The van der Waals surface area contributed by atoms with Gasteiger partial charge in [0.2, 0.25) is 5.91 Å². The summed E-state index contributed by atoms with van der Waals surface area (Å²) in [5.41, 5.74) is 5.33. The predicted octanol–water partition coefficient (Wildman–Crippen LogP) is 0.775. The van der Waals surface area contributed by atoms with Crippen LogP contribution in [0.2, 0.25) is 0 Å². The van der Waals surface area contributed by atoms with Gasteiger partial charge in [-0.25, -0.2) is 9.18 Å². The topological polar surface area (TPSA) is 86.9 Å². The summed E-state index contributed by atoms with van der Waals surface area (Å²) in [6, 6.07) is 2.58. The number of rotatable bonds is 2. The van der Waals surface area contributed by atoms with Gasteiger partial charge in [0, 0.05) is 33.1 Å². The molecule has 0 aromatic heterocycles. The molecule has 1 fully saturated rings. The lowest BCUT2D eigenvalue weighted by atomic mass is 10.1. The van der Waals surface area contributed by atoms with E-state index in [9.17, 15) is 19.1 Å². The van der Waals surface area contributed by atoms with Crippen LogP contribution >= 0.6 is 0 Å². The zero-order valence-electron chi connectivity index (χ0n) is 11.1. The number of anilines is 2. The molecule has 0 bridgehead atoms. The van der Waals surface area contributed by atoms with Gasteiger partial charge in [-0.15, -0.1) is 0 Å². The fourth-order valence-corrected chi connectivity index (χ4v) is 2.33. The molecule has 0 atom stereocenters. The molecule has 20 heavy (non-hydrogen) atoms. The number of nitrogen functional groups attached to an aromatic ring is 1. The quantitative estimate of drug-likeness (QED) is 0.782. The van der Waals surface area contributed by atoms with E-state index in [-0.39, 0.29) is 17.2 Å². The van der Waals surface area contributed by atoms with Crippen LogP contribution in [-0.2, 0) is 4.79 Å². The summed E-state index contributed by atoms with van der Waals surface area (Å²) < 4.78 is 13.4. The molecule has 0 radical (unpaired) electrons. The molecule has 1 aromatic carbocycles. The van der Waals surface area contributed by atoms with E-state index < -0.39 is 11.8 Å². The molecule has 1 saturated heterocycles. The number of amides is 1. The molecular weight excluding hydrogens is 265 g/mol. The van der Waals surface area contributed by atoms with E-state index in [4.69, 9.17) is 5.73 Å². The Morgan fingerprint density at radius 3 is 2.35 bits per heavy atom. The fourth-order valence-electron chi connectivity index (χ4n) is 2.33. The first-order chi connectivity index (χ1) is 9.41. The number of carbonyl (C=O) groups excluding carboxylic acids is 1. The van der Waals surface area contributed by atoms with Crippen LogP contribution in [0.4, 0.5) is 15.8 Å². The van der Waals surface area contributed by atoms with Crippen molar-refractivity contribution in [1.82, 2.24) is 4.90 Å². The number of piperazine rings is 1. The van der Waals surface area contributed by atoms with Crippen molar-refractivity contribution >= 4 is 23.3 Å². The van der Waals surface area contributed by atoms with Crippen LogP contribution in [0.25, 0.3) is 0 Å². The Labute approximate surface area is 115 Å². The molecule has 7 heteroatoms. The third kappa shape index (κ3) is 2.52. The average molecular weight is 281 g/mol. The predicted molar refractivity (Wildman–Crippen MR) is 72.2 cm³/mol. The molecule has 0 unspecified atom stereocenters. The summed E-state index contributed by atoms with van der Waals surface area (Å²) in [5, 5.41) is 9.20. The third-order valence-electron chi connectivity index (χ3n) is 3.45. The minimum absolute atomic E-state index is 0.0123. The number of nitrogens with two attached hydrogens (primary N) is 1. The van der Waals surface area contributed by atoms with Crippen LogP contribution < -0.4 is 10.6 Å². The molecule has 6 nitrogen and oxygen atoms in total. The minimum atomic E-state index is -1.26. The molecule has 1 heterocycles. The van der Waals surface area contributed by atoms with Crippen LogP contribution in [0, 0.1) is 5.82 Å². The normalized spacial score (nSPS) is 15.3. The number of hydrogen-bond donors (Lipinski definition) is 2. The first-order valence-electron chi connectivity index (χ1n) is 6.23. The van der Waals surface area contributed by atoms with Gasteiger partial charge < -0.3 is 20.6 Å². The number of halogens is 1.